The Morgan fingerprint density at radius 2 is 2.00 bits per heavy atom. The lowest BCUT2D eigenvalue weighted by atomic mass is 9.96. The summed E-state index contributed by atoms with van der Waals surface area (Å²) in [6, 6.07) is 2.68. The number of hydrogen-bond acceptors (Lipinski definition) is 2. The van der Waals surface area contributed by atoms with E-state index in [0.29, 0.717) is 0 Å². The van der Waals surface area contributed by atoms with Crippen LogP contribution >= 0.6 is 0 Å². The molecule has 1 aliphatic heterocycles. The molecule has 2 fully saturated rings. The van der Waals surface area contributed by atoms with Crippen LogP contribution in [-0.2, 0) is 10.5 Å². The molecule has 3 nitrogen and oxygen atoms in total. The lowest BCUT2D eigenvalue weighted by Crippen LogP contribution is -2.53. The minimum atomic E-state index is -2.39. The zero-order valence-corrected chi connectivity index (χ0v) is 12.5. The van der Waals surface area contributed by atoms with Crippen LogP contribution in [0, 0.1) is 11.6 Å². The number of hydrogen-bond donors (Lipinski definition) is 1. The van der Waals surface area contributed by atoms with Crippen LogP contribution in [0.25, 0.3) is 0 Å². The summed E-state index contributed by atoms with van der Waals surface area (Å²) >= 11 is 0. The Hall–Kier alpha value is -1.56. The van der Waals surface area contributed by atoms with Gasteiger partial charge >= 0.3 is 0 Å². The summed E-state index contributed by atoms with van der Waals surface area (Å²) in [4.78, 5) is 14.5. The van der Waals surface area contributed by atoms with Crippen molar-refractivity contribution >= 4 is 5.91 Å². The summed E-state index contributed by atoms with van der Waals surface area (Å²) in [5.74, 6) is -3.01. The SMILES string of the molecule is CC(F)(C(=O)NC1(CN2CCC2)CC1)c1ccc(F)c(F)c1. The summed E-state index contributed by atoms with van der Waals surface area (Å²) in [6.45, 7) is 3.82. The smallest absolute Gasteiger partial charge is 0.262 e. The fourth-order valence-corrected chi connectivity index (χ4v) is 2.72. The lowest BCUT2D eigenvalue weighted by Gasteiger charge is -2.35. The van der Waals surface area contributed by atoms with Gasteiger partial charge in [0.2, 0.25) is 5.67 Å². The third-order valence-electron chi connectivity index (χ3n) is 4.60. The van der Waals surface area contributed by atoms with Gasteiger partial charge in [0.05, 0.1) is 5.54 Å². The highest BCUT2D eigenvalue weighted by Crippen LogP contribution is 2.39. The van der Waals surface area contributed by atoms with E-state index in [1.54, 1.807) is 0 Å². The number of benzene rings is 1. The number of carbonyl (C=O) groups excluding carboxylic acids is 1. The van der Waals surface area contributed by atoms with Gasteiger partial charge in [0, 0.05) is 12.1 Å². The van der Waals surface area contributed by atoms with Gasteiger partial charge in [0.15, 0.2) is 11.6 Å². The maximum atomic E-state index is 14.8. The molecule has 2 aliphatic rings. The fourth-order valence-electron chi connectivity index (χ4n) is 2.72. The lowest BCUT2D eigenvalue weighted by molar-refractivity contribution is -0.133. The van der Waals surface area contributed by atoms with Crippen molar-refractivity contribution in [1.29, 1.82) is 0 Å². The van der Waals surface area contributed by atoms with Crippen molar-refractivity contribution in [3.63, 3.8) is 0 Å². The third-order valence-corrected chi connectivity index (χ3v) is 4.60. The number of likely N-dealkylation sites (tertiary alicyclic amines) is 1. The molecule has 1 aromatic rings. The van der Waals surface area contributed by atoms with Gasteiger partial charge < -0.3 is 10.2 Å². The van der Waals surface area contributed by atoms with Gasteiger partial charge in [-0.05, 0) is 51.4 Å². The summed E-state index contributed by atoms with van der Waals surface area (Å²) in [5.41, 5.74) is -2.92. The largest absolute Gasteiger partial charge is 0.346 e. The van der Waals surface area contributed by atoms with E-state index in [9.17, 15) is 18.0 Å². The van der Waals surface area contributed by atoms with Gasteiger partial charge in [-0.3, -0.25) is 4.79 Å². The first-order valence-corrected chi connectivity index (χ1v) is 7.52. The molecule has 1 aliphatic carbocycles. The highest BCUT2D eigenvalue weighted by Gasteiger charge is 2.49. The Bertz CT molecular complexity index is 595. The van der Waals surface area contributed by atoms with Crippen LogP contribution in [0.2, 0.25) is 0 Å². The van der Waals surface area contributed by atoms with Gasteiger partial charge in [0.25, 0.3) is 5.91 Å². The second-order valence-electron chi connectivity index (χ2n) is 6.50. The minimum Gasteiger partial charge on any atom is -0.346 e. The molecule has 1 aromatic carbocycles. The van der Waals surface area contributed by atoms with Gasteiger partial charge in [-0.2, -0.15) is 0 Å². The second-order valence-corrected chi connectivity index (χ2v) is 6.50. The zero-order chi connectivity index (χ0) is 16.0. The Balaban J connectivity index is 1.71. The van der Waals surface area contributed by atoms with Crippen LogP contribution in [-0.4, -0.2) is 36.0 Å². The Kier molecular flexibility index (Phi) is 3.67. The Morgan fingerprint density at radius 1 is 1.32 bits per heavy atom. The van der Waals surface area contributed by atoms with Gasteiger partial charge in [-0.15, -0.1) is 0 Å². The Morgan fingerprint density at radius 3 is 2.50 bits per heavy atom. The van der Waals surface area contributed by atoms with Crippen molar-refractivity contribution in [2.24, 2.45) is 0 Å². The highest BCUT2D eigenvalue weighted by molar-refractivity contribution is 5.87. The van der Waals surface area contributed by atoms with E-state index in [2.05, 4.69) is 10.2 Å². The number of alkyl halides is 1. The first-order chi connectivity index (χ1) is 10.3. The topological polar surface area (TPSA) is 32.3 Å². The molecule has 1 saturated carbocycles. The predicted molar refractivity (Wildman–Crippen MR) is 76.0 cm³/mol. The zero-order valence-electron chi connectivity index (χ0n) is 12.5. The summed E-state index contributed by atoms with van der Waals surface area (Å²) in [5, 5.41) is 2.77. The number of rotatable bonds is 5. The molecule has 0 aromatic heterocycles. The minimum absolute atomic E-state index is 0.177. The maximum absolute atomic E-state index is 14.8. The normalized spacial score (nSPS) is 22.5. The first kappa shape index (κ1) is 15.3. The van der Waals surface area contributed by atoms with Crippen molar-refractivity contribution in [3.05, 3.63) is 35.4 Å². The van der Waals surface area contributed by atoms with Gasteiger partial charge in [-0.25, -0.2) is 13.2 Å². The summed E-state index contributed by atoms with van der Waals surface area (Å²) < 4.78 is 41.0. The monoisotopic (exact) mass is 312 g/mol. The number of halogens is 3. The number of nitrogens with zero attached hydrogens (tertiary/aromatic N) is 1. The fraction of sp³-hybridized carbons (Fsp3) is 0.562. The summed E-state index contributed by atoms with van der Waals surface area (Å²) in [7, 11) is 0. The molecule has 6 heteroatoms. The molecule has 22 heavy (non-hydrogen) atoms. The van der Waals surface area contributed by atoms with Crippen molar-refractivity contribution in [2.45, 2.75) is 37.4 Å². The van der Waals surface area contributed by atoms with Gasteiger partial charge in [-0.1, -0.05) is 6.07 Å². The van der Waals surface area contributed by atoms with E-state index in [1.807, 2.05) is 0 Å². The molecule has 1 amide bonds. The Labute approximate surface area is 127 Å². The van der Waals surface area contributed by atoms with E-state index in [0.717, 1.165) is 64.0 Å². The van der Waals surface area contributed by atoms with Crippen LogP contribution in [0.4, 0.5) is 13.2 Å². The number of amides is 1. The van der Waals surface area contributed by atoms with Crippen LogP contribution in [0.15, 0.2) is 18.2 Å². The van der Waals surface area contributed by atoms with Crippen LogP contribution in [0.1, 0.15) is 31.7 Å². The highest BCUT2D eigenvalue weighted by atomic mass is 19.2. The van der Waals surface area contributed by atoms with E-state index in [-0.39, 0.29) is 11.1 Å². The van der Waals surface area contributed by atoms with Crippen LogP contribution < -0.4 is 5.32 Å². The van der Waals surface area contributed by atoms with Crippen molar-refractivity contribution in [3.8, 4) is 0 Å². The van der Waals surface area contributed by atoms with Crippen LogP contribution in [0.5, 0.6) is 0 Å². The quantitative estimate of drug-likeness (QED) is 0.906. The van der Waals surface area contributed by atoms with E-state index in [4.69, 9.17) is 0 Å². The molecule has 0 spiro atoms. The molecule has 120 valence electrons. The average Bonchev–Trinajstić information content (AvgIpc) is 3.17. The standard InChI is InChI=1S/C16H19F3N2O/c1-15(19,11-3-4-12(17)13(18)9-11)14(22)20-16(5-6-16)10-21-7-2-8-21/h3-4,9H,2,5-8,10H2,1H3,(H,20,22). The molecule has 3 rings (SSSR count). The molecule has 1 heterocycles. The van der Waals surface area contributed by atoms with E-state index < -0.39 is 23.2 Å². The number of nitrogens with one attached hydrogen (secondary N) is 1. The maximum Gasteiger partial charge on any atom is 0.262 e. The molecule has 0 bridgehead atoms. The first-order valence-electron chi connectivity index (χ1n) is 7.52. The van der Waals surface area contributed by atoms with Crippen molar-refractivity contribution in [2.75, 3.05) is 19.6 Å². The summed E-state index contributed by atoms with van der Waals surface area (Å²) in [6.07, 6.45) is 2.80. The average molecular weight is 312 g/mol. The van der Waals surface area contributed by atoms with Gasteiger partial charge in [0.1, 0.15) is 0 Å². The molecule has 1 atom stereocenters. The molecular weight excluding hydrogens is 293 g/mol. The molecular formula is C16H19F3N2O. The van der Waals surface area contributed by atoms with Crippen LogP contribution in [0.3, 0.4) is 0 Å². The predicted octanol–water partition coefficient (Wildman–Crippen LogP) is 2.50. The molecule has 1 unspecified atom stereocenters. The van der Waals surface area contributed by atoms with E-state index >= 15 is 0 Å². The number of carbonyl (C=O) groups is 1. The van der Waals surface area contributed by atoms with Crippen molar-refractivity contribution < 1.29 is 18.0 Å². The molecule has 0 radical (unpaired) electrons. The molecule has 1 saturated heterocycles. The van der Waals surface area contributed by atoms with Crippen molar-refractivity contribution in [1.82, 2.24) is 10.2 Å². The van der Waals surface area contributed by atoms with E-state index in [1.165, 1.54) is 0 Å². The molecule has 1 N–H and O–H groups in total. The second kappa shape index (κ2) is 5.26. The third kappa shape index (κ3) is 2.84.